The molecule has 0 aliphatic carbocycles. The smallest absolute Gasteiger partial charge is 0.146 e. The molecule has 0 spiro atoms. The quantitative estimate of drug-likeness (QED) is 0.0439. The van der Waals surface area contributed by atoms with Gasteiger partial charge in [0, 0.05) is 0 Å². The molecule has 4 aliphatic heterocycles. The van der Waals surface area contributed by atoms with Crippen molar-refractivity contribution in [1.82, 2.24) is 15.0 Å². The summed E-state index contributed by atoms with van der Waals surface area (Å²) in [5.74, 6) is 26.4. The lowest BCUT2D eigenvalue weighted by atomic mass is 9.88. The summed E-state index contributed by atoms with van der Waals surface area (Å²) in [7, 11) is -14.9. The molecule has 6 nitrogen and oxygen atoms in total. The lowest BCUT2D eigenvalue weighted by Gasteiger charge is -2.38. The molecule has 0 fully saturated rings. The van der Waals surface area contributed by atoms with Gasteiger partial charge in [0.05, 0.1) is 94.8 Å². The van der Waals surface area contributed by atoms with Crippen LogP contribution < -0.4 is 21.4 Å². The van der Waals surface area contributed by atoms with E-state index in [0.29, 0.717) is 99.7 Å². The monoisotopic (exact) mass is 1880 g/mol. The molecule has 1 unspecified atom stereocenters. The van der Waals surface area contributed by atoms with E-state index in [1.54, 1.807) is 0 Å². The zero-order valence-corrected chi connectivity index (χ0v) is 99.8. The number of aromatic amines is 3. The molecule has 7 heterocycles. The van der Waals surface area contributed by atoms with Crippen molar-refractivity contribution in [2.75, 3.05) is 0 Å². The molecular formula is C120H190N6Si6. The highest BCUT2D eigenvalue weighted by Crippen LogP contribution is 2.51. The predicted molar refractivity (Wildman–Crippen MR) is 605 cm³/mol. The summed E-state index contributed by atoms with van der Waals surface area (Å²) in [6.07, 6.45) is 9.26. The molecule has 0 saturated heterocycles. The zero-order valence-electron chi connectivity index (χ0n) is 93.8. The van der Waals surface area contributed by atoms with Crippen molar-refractivity contribution in [1.29, 1.82) is 0 Å². The summed E-state index contributed by atoms with van der Waals surface area (Å²) in [6, 6.07) is -0.458. The molecule has 132 heavy (non-hydrogen) atoms. The molecule has 4 aliphatic rings. The minimum absolute atomic E-state index is 0.382. The summed E-state index contributed by atoms with van der Waals surface area (Å²) in [5, 5.41) is 4.34. The Morgan fingerprint density at radius 3 is 0.674 bits per heavy atom. The second kappa shape index (κ2) is 46.0. The third-order valence-electron chi connectivity index (χ3n) is 34.1. The standard InChI is InChI=1S/C120H190N6Si6/c1-49-91-92(50-2)110-104(62-68-128(76(19)20,77(21)22)78(23)24)112-95(53-5)96(54-6)114(123-112)106(64-70-130(82(31)32,83(33)34)84(35)36)116-99(57-9)100(58-10)118(125-116)108(66-72-132(88(43)44,89(45)46)90(47)48)120-102(60-12)101(59-11)119(126-120)107(65-71-131(85(37)38,86(39)40)87(41)42)117-98(56-8)97(55-7)115(124-117)105(63-69-129(79(25)26,80(27)28)81(29)30)113-94(52-4)93(51-3)111(122-113)103(109(91)121-110)61-67-127(73(13)14,74(15)16)75(17)18/h73-90,109,124-126H,49-60H2,1-48H3/b111-103-,112-104+,115-105-,116-106-,117-107-,118-108-. The predicted octanol–water partition coefficient (Wildman–Crippen LogP) is 31.7. The van der Waals surface area contributed by atoms with Crippen LogP contribution in [0.25, 0.3) is 22.3 Å². The van der Waals surface area contributed by atoms with Crippen LogP contribution in [-0.2, 0) is 38.5 Å². The minimum atomic E-state index is -2.49. The van der Waals surface area contributed by atoms with E-state index >= 15 is 0 Å². The molecule has 0 amide bonds. The molecule has 0 aromatic carbocycles. The van der Waals surface area contributed by atoms with Gasteiger partial charge in [0.2, 0.25) is 0 Å². The van der Waals surface area contributed by atoms with E-state index in [-0.39, 0.29) is 0 Å². The van der Waals surface area contributed by atoms with Gasteiger partial charge in [-0.15, -0.1) is 33.3 Å². The highest BCUT2D eigenvalue weighted by atomic mass is 28.3. The number of rotatable bonds is 30. The average Bonchev–Trinajstić information content (AvgIpc) is 1.58. The number of hydrogen-bond donors (Lipinski definition) is 3. The first kappa shape index (κ1) is 113. The van der Waals surface area contributed by atoms with E-state index in [4.69, 9.17) is 15.0 Å². The number of nitrogens with zero attached hydrogens (tertiary/aromatic N) is 3. The fourth-order valence-corrected chi connectivity index (χ4v) is 59.0. The van der Waals surface area contributed by atoms with Crippen LogP contribution in [0.1, 0.15) is 416 Å². The van der Waals surface area contributed by atoms with Crippen molar-refractivity contribution in [3.8, 4) is 68.8 Å². The molecule has 12 bridgehead atoms. The second-order valence-corrected chi connectivity index (χ2v) is 78.8. The second-order valence-electron chi connectivity index (χ2n) is 45.3. The highest BCUT2D eigenvalue weighted by molar-refractivity contribution is 6.93. The Kier molecular flexibility index (Phi) is 39.3. The molecule has 12 heteroatoms. The third-order valence-corrected chi connectivity index (χ3v) is 71.9. The Labute approximate surface area is 817 Å². The van der Waals surface area contributed by atoms with Gasteiger partial charge in [0.25, 0.3) is 0 Å². The molecule has 3 aromatic heterocycles. The number of H-pyrrole nitrogens is 3. The van der Waals surface area contributed by atoms with Crippen LogP contribution in [0, 0.1) is 68.8 Å². The summed E-state index contributed by atoms with van der Waals surface area (Å²) < 4.78 is 0. The number of hydrogen-bond acceptors (Lipinski definition) is 3. The molecule has 0 saturated carbocycles. The van der Waals surface area contributed by atoms with Gasteiger partial charge in [0.15, 0.2) is 0 Å². The summed E-state index contributed by atoms with van der Waals surface area (Å²) in [5.41, 5.74) is 62.4. The fourth-order valence-electron chi connectivity index (χ4n) is 27.7. The van der Waals surface area contributed by atoms with Crippen LogP contribution in [0.5, 0.6) is 0 Å². The van der Waals surface area contributed by atoms with Gasteiger partial charge in [-0.05, 0) is 244 Å². The van der Waals surface area contributed by atoms with Crippen LogP contribution in [0.3, 0.4) is 0 Å². The van der Waals surface area contributed by atoms with Gasteiger partial charge in [-0.3, -0.25) is 4.99 Å². The van der Waals surface area contributed by atoms with Crippen LogP contribution in [0.4, 0.5) is 0 Å². The third kappa shape index (κ3) is 19.9. The van der Waals surface area contributed by atoms with Crippen molar-refractivity contribution in [2.45, 2.75) is 515 Å². The van der Waals surface area contributed by atoms with E-state index < -0.39 is 54.5 Å². The Morgan fingerprint density at radius 1 is 0.220 bits per heavy atom. The molecule has 724 valence electrons. The van der Waals surface area contributed by atoms with Crippen molar-refractivity contribution < 1.29 is 0 Å². The van der Waals surface area contributed by atoms with Crippen molar-refractivity contribution in [2.24, 2.45) is 15.0 Å². The average molecular weight is 1890 g/mol. The van der Waals surface area contributed by atoms with E-state index in [1.165, 1.54) is 66.8 Å². The fraction of sp³-hybridized carbons (Fsp3) is 0.658. The van der Waals surface area contributed by atoms with Crippen molar-refractivity contribution in [3.63, 3.8) is 0 Å². The van der Waals surface area contributed by atoms with E-state index in [0.717, 1.165) is 172 Å². The zero-order chi connectivity index (χ0) is 99.9. The maximum absolute atomic E-state index is 6.60. The number of nitrogens with one attached hydrogen (secondary N) is 3. The summed E-state index contributed by atoms with van der Waals surface area (Å²) in [4.78, 5) is 33.5. The van der Waals surface area contributed by atoms with Crippen LogP contribution in [0.15, 0.2) is 71.0 Å². The van der Waals surface area contributed by atoms with Gasteiger partial charge >= 0.3 is 0 Å². The summed E-state index contributed by atoms with van der Waals surface area (Å²) >= 11 is 0. The Morgan fingerprint density at radius 2 is 0.439 bits per heavy atom. The van der Waals surface area contributed by atoms with Gasteiger partial charge in [-0.25, -0.2) is 9.98 Å². The van der Waals surface area contributed by atoms with Crippen LogP contribution in [-0.4, -0.2) is 86.6 Å². The largest absolute Gasteiger partial charge is 0.353 e. The Bertz CT molecular complexity index is 5550. The first-order valence-corrected chi connectivity index (χ1v) is 67.1. The highest BCUT2D eigenvalue weighted by Gasteiger charge is 2.49. The number of aliphatic imine (C=N–C) groups is 3. The first-order valence-electron chi connectivity index (χ1n) is 53.7. The van der Waals surface area contributed by atoms with Gasteiger partial charge < -0.3 is 15.0 Å². The molecule has 1 atom stereocenters. The van der Waals surface area contributed by atoms with E-state index in [2.05, 4.69) is 416 Å². The van der Waals surface area contributed by atoms with Crippen molar-refractivity contribution >= 4 is 87.9 Å². The first-order chi connectivity index (χ1) is 61.8. The maximum atomic E-state index is 6.60. The molecule has 3 aromatic rings. The maximum Gasteiger partial charge on any atom is 0.146 e. The van der Waals surface area contributed by atoms with E-state index in [1.807, 2.05) is 0 Å². The van der Waals surface area contributed by atoms with Crippen LogP contribution in [0.2, 0.25) is 99.7 Å². The Hall–Kier alpha value is -6.31. The minimum Gasteiger partial charge on any atom is -0.353 e. The lowest BCUT2D eigenvalue weighted by molar-refractivity contribution is 0.837. The van der Waals surface area contributed by atoms with Gasteiger partial charge in [-0.2, -0.15) is 0 Å². The Balaban J connectivity index is 2.26. The molecule has 0 radical (unpaired) electrons. The number of aromatic nitrogens is 3. The number of fused-ring (bicyclic) bond motifs is 9. The van der Waals surface area contributed by atoms with Gasteiger partial charge in [-0.1, -0.05) is 368 Å². The normalized spacial score (nSPS) is 18.8. The summed E-state index contributed by atoms with van der Waals surface area (Å²) in [6.45, 7) is 118. The van der Waals surface area contributed by atoms with E-state index in [9.17, 15) is 0 Å². The van der Waals surface area contributed by atoms with Crippen molar-refractivity contribution in [3.05, 3.63) is 122 Å². The van der Waals surface area contributed by atoms with Gasteiger partial charge in [0.1, 0.15) is 54.5 Å². The van der Waals surface area contributed by atoms with Crippen LogP contribution >= 0.6 is 0 Å². The SMILES string of the molecule is CCC1=C(CC)/C2=C(\C#C[Si](C(C)C)(C(C)C)C(C)C)C3N=C(C(CC)=C3CC)/C(C#C[Si](C(C)C)(C(C)C)C(C)C)=C3N=C(C(CC)=C/3CC)/C(C#C[Si](C(C)C)(C(C)C)C(C)C)=c3\[nH]/c(c(CC)c3CC)=C(/C#C[Si](C(C)C)(C(C)C)C(C)C)c3[nH]c(c(CC)c3CC)/C(C#C[Si](C(C)C)(C(C)C)C(C)C)=c3\[nH]/c(c(CC)c3CC)=C(/C#C[Si](C(C)C)(C(C)C)C(C)C)C1=N2. The molecule has 3 N–H and O–H groups in total. The molecule has 7 rings (SSSR count). The molecular weight excluding hydrogens is 1690 g/mol. The number of allylic oxidation sites excluding steroid dienone is 6. The topological polar surface area (TPSA) is 84.5 Å². The lowest BCUT2D eigenvalue weighted by Crippen LogP contribution is -2.43.